The van der Waals surface area contributed by atoms with Gasteiger partial charge in [-0.1, -0.05) is 20.8 Å². The number of anilines is 1. The average Bonchev–Trinajstić information content (AvgIpc) is 2.79. The molecular formula is C16H25N5O2. The number of H-pyrrole nitrogens is 1. The van der Waals surface area contributed by atoms with E-state index >= 15 is 0 Å². The number of nitrogens with one attached hydrogen (secondary N) is 3. The molecule has 0 aromatic carbocycles. The number of aromatic amines is 1. The molecule has 1 aliphatic rings. The molecule has 3 N–H and O–H groups in total. The Morgan fingerprint density at radius 2 is 2.22 bits per heavy atom. The highest BCUT2D eigenvalue weighted by Crippen LogP contribution is 2.46. The largest absolute Gasteiger partial charge is 0.335 e. The number of carbonyl (C=O) groups excluding carboxylic acids is 2. The van der Waals surface area contributed by atoms with Gasteiger partial charge >= 0.3 is 6.03 Å². The summed E-state index contributed by atoms with van der Waals surface area (Å²) in [6.07, 6.45) is 4.26. The summed E-state index contributed by atoms with van der Waals surface area (Å²) in [7, 11) is 0. The van der Waals surface area contributed by atoms with Gasteiger partial charge in [0.15, 0.2) is 5.82 Å². The highest BCUT2D eigenvalue weighted by molar-refractivity contribution is 5.88. The van der Waals surface area contributed by atoms with Crippen LogP contribution < -0.4 is 10.6 Å². The van der Waals surface area contributed by atoms with Crippen molar-refractivity contribution in [3.05, 3.63) is 11.8 Å². The van der Waals surface area contributed by atoms with Gasteiger partial charge in [-0.15, -0.1) is 0 Å². The Bertz CT molecular complexity index is 618. The third-order valence-corrected chi connectivity index (χ3v) is 4.25. The molecule has 23 heavy (non-hydrogen) atoms. The molecule has 1 heterocycles. The maximum atomic E-state index is 12.2. The van der Waals surface area contributed by atoms with E-state index in [0.717, 1.165) is 25.0 Å². The number of urea groups is 1. The van der Waals surface area contributed by atoms with Gasteiger partial charge in [-0.2, -0.15) is 5.10 Å². The van der Waals surface area contributed by atoms with Crippen LogP contribution >= 0.6 is 0 Å². The lowest BCUT2D eigenvalue weighted by molar-refractivity contribution is 0.0815. The number of aromatic nitrogens is 2. The number of carbonyl (C=O) groups is 1. The summed E-state index contributed by atoms with van der Waals surface area (Å²) in [6.45, 7) is 8.78. The number of hydrogen-bond donors (Lipinski definition) is 3. The zero-order chi connectivity index (χ0) is 17.1. The van der Waals surface area contributed by atoms with E-state index in [4.69, 9.17) is 0 Å². The summed E-state index contributed by atoms with van der Waals surface area (Å²) in [4.78, 5) is 26.4. The van der Waals surface area contributed by atoms with Gasteiger partial charge in [-0.05, 0) is 37.0 Å². The lowest BCUT2D eigenvalue weighted by Gasteiger charge is -2.46. The zero-order valence-electron chi connectivity index (χ0n) is 14.2. The van der Waals surface area contributed by atoms with Crippen molar-refractivity contribution in [2.24, 2.45) is 15.8 Å². The standard InChI is InChI=1S/C16H25N5O2/c1-11-5-13(21-20-11)19-14(23)18-12-6-15(2,3)8-16(4,7-12)9-17-10-22/h5,12H,6-9H2,1-4H3,(H3,18,19,20,21,23). The van der Waals surface area contributed by atoms with Crippen LogP contribution in [-0.4, -0.2) is 34.9 Å². The van der Waals surface area contributed by atoms with Gasteiger partial charge in [-0.25, -0.2) is 14.6 Å². The minimum Gasteiger partial charge on any atom is -0.335 e. The molecule has 0 aliphatic heterocycles. The van der Waals surface area contributed by atoms with Crippen LogP contribution in [-0.2, 0) is 4.79 Å². The molecular weight excluding hydrogens is 294 g/mol. The summed E-state index contributed by atoms with van der Waals surface area (Å²) >= 11 is 0. The lowest BCUT2D eigenvalue weighted by atomic mass is 9.62. The van der Waals surface area contributed by atoms with Gasteiger partial charge in [0, 0.05) is 17.8 Å². The van der Waals surface area contributed by atoms with E-state index in [9.17, 15) is 9.59 Å². The van der Waals surface area contributed by atoms with E-state index in [1.54, 1.807) is 12.1 Å². The molecule has 126 valence electrons. The molecule has 1 aliphatic carbocycles. The fraction of sp³-hybridized carbons (Fsp3) is 0.688. The van der Waals surface area contributed by atoms with Crippen molar-refractivity contribution >= 4 is 17.9 Å². The van der Waals surface area contributed by atoms with E-state index in [1.807, 2.05) is 6.92 Å². The summed E-state index contributed by atoms with van der Waals surface area (Å²) in [6, 6.07) is 1.54. The number of rotatable bonds is 4. The normalized spacial score (nSPS) is 26.2. The Morgan fingerprint density at radius 1 is 1.48 bits per heavy atom. The summed E-state index contributed by atoms with van der Waals surface area (Å²) in [5.41, 5.74) is 0.852. The number of aliphatic imine (C=N–C) groups is 1. The van der Waals surface area contributed by atoms with Gasteiger partial charge < -0.3 is 5.32 Å². The summed E-state index contributed by atoms with van der Waals surface area (Å²) in [5.74, 6) is 0.503. The quantitative estimate of drug-likeness (QED) is 0.587. The fourth-order valence-electron chi connectivity index (χ4n) is 3.90. The van der Waals surface area contributed by atoms with Crippen molar-refractivity contribution in [1.82, 2.24) is 15.5 Å². The molecule has 2 unspecified atom stereocenters. The van der Waals surface area contributed by atoms with Crippen LogP contribution in [0, 0.1) is 17.8 Å². The number of hydrogen-bond acceptors (Lipinski definition) is 4. The van der Waals surface area contributed by atoms with Gasteiger partial charge in [0.05, 0.1) is 6.54 Å². The van der Waals surface area contributed by atoms with Gasteiger partial charge in [-0.3, -0.25) is 10.4 Å². The van der Waals surface area contributed by atoms with Crippen molar-refractivity contribution in [3.8, 4) is 0 Å². The Labute approximate surface area is 136 Å². The second-order valence-electron chi connectivity index (χ2n) is 7.70. The van der Waals surface area contributed by atoms with Crippen molar-refractivity contribution in [2.75, 3.05) is 11.9 Å². The van der Waals surface area contributed by atoms with E-state index in [2.05, 4.69) is 46.6 Å². The van der Waals surface area contributed by atoms with Crippen LogP contribution in [0.4, 0.5) is 10.6 Å². The van der Waals surface area contributed by atoms with Crippen LogP contribution in [0.25, 0.3) is 0 Å². The first-order valence-corrected chi connectivity index (χ1v) is 7.85. The highest BCUT2D eigenvalue weighted by Gasteiger charge is 2.41. The van der Waals surface area contributed by atoms with Crippen LogP contribution in [0.5, 0.6) is 0 Å². The molecule has 2 rings (SSSR count). The minimum absolute atomic E-state index is 0.0330. The second kappa shape index (κ2) is 6.54. The van der Waals surface area contributed by atoms with E-state index in [0.29, 0.717) is 12.4 Å². The van der Waals surface area contributed by atoms with Crippen molar-refractivity contribution < 1.29 is 9.59 Å². The second-order valence-corrected chi connectivity index (χ2v) is 7.70. The summed E-state index contributed by atoms with van der Waals surface area (Å²) in [5, 5.41) is 12.5. The van der Waals surface area contributed by atoms with Gasteiger partial charge in [0.2, 0.25) is 6.08 Å². The molecule has 1 aromatic rings. The third kappa shape index (κ3) is 4.93. The Hall–Kier alpha value is -2.14. The van der Waals surface area contributed by atoms with Gasteiger partial charge in [0.1, 0.15) is 0 Å². The molecule has 1 saturated carbocycles. The van der Waals surface area contributed by atoms with Crippen molar-refractivity contribution in [2.45, 2.75) is 53.0 Å². The molecule has 0 radical (unpaired) electrons. The molecule has 7 heteroatoms. The number of isocyanates is 1. The zero-order valence-corrected chi connectivity index (χ0v) is 14.2. The molecule has 0 saturated heterocycles. The fourth-order valence-corrected chi connectivity index (χ4v) is 3.90. The lowest BCUT2D eigenvalue weighted by Crippen LogP contribution is -2.48. The van der Waals surface area contributed by atoms with Crippen LogP contribution in [0.2, 0.25) is 0 Å². The molecule has 0 bridgehead atoms. The number of amides is 2. The van der Waals surface area contributed by atoms with Crippen LogP contribution in [0.1, 0.15) is 45.7 Å². The SMILES string of the molecule is Cc1cc(NC(=O)NC2CC(C)(C)CC(C)(CN=C=O)C2)n[nH]1. The maximum Gasteiger partial charge on any atom is 0.320 e. The van der Waals surface area contributed by atoms with Crippen molar-refractivity contribution in [1.29, 1.82) is 0 Å². The molecule has 7 nitrogen and oxygen atoms in total. The Morgan fingerprint density at radius 3 is 2.83 bits per heavy atom. The van der Waals surface area contributed by atoms with Gasteiger partial charge in [0.25, 0.3) is 0 Å². The van der Waals surface area contributed by atoms with E-state index in [-0.39, 0.29) is 22.9 Å². The molecule has 2 amide bonds. The maximum absolute atomic E-state index is 12.2. The molecule has 1 fully saturated rings. The van der Waals surface area contributed by atoms with Crippen LogP contribution in [0.3, 0.4) is 0 Å². The first-order chi connectivity index (χ1) is 10.7. The monoisotopic (exact) mass is 319 g/mol. The predicted molar refractivity (Wildman–Crippen MR) is 88.0 cm³/mol. The van der Waals surface area contributed by atoms with Crippen LogP contribution in [0.15, 0.2) is 11.1 Å². The molecule has 1 aromatic heterocycles. The Balaban J connectivity index is 2.00. The first kappa shape index (κ1) is 17.2. The average molecular weight is 319 g/mol. The highest BCUT2D eigenvalue weighted by atomic mass is 16.2. The van der Waals surface area contributed by atoms with Crippen molar-refractivity contribution in [3.63, 3.8) is 0 Å². The predicted octanol–water partition coefficient (Wildman–Crippen LogP) is 2.76. The minimum atomic E-state index is -0.263. The number of nitrogens with zero attached hydrogens (tertiary/aromatic N) is 2. The summed E-state index contributed by atoms with van der Waals surface area (Å²) < 4.78 is 0. The van der Waals surface area contributed by atoms with E-state index in [1.165, 1.54) is 0 Å². The Kier molecular flexibility index (Phi) is 4.90. The smallest absolute Gasteiger partial charge is 0.320 e. The molecule has 2 atom stereocenters. The van der Waals surface area contributed by atoms with E-state index < -0.39 is 0 Å². The topological polar surface area (TPSA) is 99.2 Å². The third-order valence-electron chi connectivity index (χ3n) is 4.25. The molecule has 0 spiro atoms. The number of aryl methyl sites for hydroxylation is 1. The first-order valence-electron chi connectivity index (χ1n) is 7.85.